The van der Waals surface area contributed by atoms with Gasteiger partial charge in [-0.2, -0.15) is 11.3 Å². The van der Waals surface area contributed by atoms with Crippen molar-refractivity contribution in [1.29, 1.82) is 0 Å². The predicted octanol–water partition coefficient (Wildman–Crippen LogP) is 4.31. The Hall–Kier alpha value is -0.840. The van der Waals surface area contributed by atoms with Crippen LogP contribution in [0.4, 0.5) is 0 Å². The van der Waals surface area contributed by atoms with Crippen molar-refractivity contribution in [1.82, 2.24) is 0 Å². The minimum absolute atomic E-state index is 0.190. The third-order valence-corrected chi connectivity index (χ3v) is 5.10. The molecule has 3 rings (SSSR count). The van der Waals surface area contributed by atoms with Gasteiger partial charge in [0.1, 0.15) is 17.5 Å². The molecular formula is C15H15BrO2S. The highest BCUT2D eigenvalue weighted by Gasteiger charge is 2.33. The number of aliphatic hydroxyl groups excluding tert-OH is 1. The van der Waals surface area contributed by atoms with Crippen molar-refractivity contribution >= 4 is 27.3 Å². The topological polar surface area (TPSA) is 29.5 Å². The lowest BCUT2D eigenvalue weighted by molar-refractivity contribution is 0.131. The van der Waals surface area contributed by atoms with E-state index in [1.807, 2.05) is 22.9 Å². The third-order valence-electron chi connectivity index (χ3n) is 3.35. The largest absolute Gasteiger partial charge is 0.487 e. The number of hydrogen-bond acceptors (Lipinski definition) is 3. The summed E-state index contributed by atoms with van der Waals surface area (Å²) in [5.41, 5.74) is 2.73. The van der Waals surface area contributed by atoms with E-state index in [4.69, 9.17) is 4.74 Å². The first-order valence-electron chi connectivity index (χ1n) is 6.18. The summed E-state index contributed by atoms with van der Waals surface area (Å²) >= 11 is 5.05. The Bertz CT molecular complexity index is 618. The molecule has 1 aliphatic heterocycles. The Kier molecular flexibility index (Phi) is 3.20. The molecule has 2 heterocycles. The molecule has 2 aromatic rings. The molecule has 0 fully saturated rings. The molecule has 1 aliphatic rings. The number of para-hydroxylation sites is 1. The summed E-state index contributed by atoms with van der Waals surface area (Å²) in [6.07, 6.45) is 0.234. The number of benzene rings is 1. The smallest absolute Gasteiger partial charge is 0.129 e. The van der Waals surface area contributed by atoms with E-state index in [-0.39, 0.29) is 5.60 Å². The molecule has 0 radical (unpaired) electrons. The maximum Gasteiger partial charge on any atom is 0.129 e. The minimum atomic E-state index is -0.649. The van der Waals surface area contributed by atoms with Crippen LogP contribution in [0.3, 0.4) is 0 Å². The summed E-state index contributed by atoms with van der Waals surface area (Å²) in [6, 6.07) is 6.00. The van der Waals surface area contributed by atoms with Gasteiger partial charge in [-0.15, -0.1) is 0 Å². The zero-order chi connectivity index (χ0) is 13.6. The number of fused-ring (bicyclic) bond motifs is 1. The third kappa shape index (κ3) is 2.33. The van der Waals surface area contributed by atoms with Gasteiger partial charge in [-0.1, -0.05) is 18.2 Å². The van der Waals surface area contributed by atoms with E-state index in [2.05, 4.69) is 35.8 Å². The van der Waals surface area contributed by atoms with Crippen molar-refractivity contribution in [3.8, 4) is 5.75 Å². The average Bonchev–Trinajstić information content (AvgIpc) is 2.88. The zero-order valence-corrected chi connectivity index (χ0v) is 13.2. The number of thiophene rings is 1. The van der Waals surface area contributed by atoms with E-state index in [0.29, 0.717) is 0 Å². The summed E-state index contributed by atoms with van der Waals surface area (Å²) in [5.74, 6) is 0.845. The summed E-state index contributed by atoms with van der Waals surface area (Å²) < 4.78 is 6.96. The first kappa shape index (κ1) is 13.2. The summed E-state index contributed by atoms with van der Waals surface area (Å²) in [6.45, 7) is 4.15. The van der Waals surface area contributed by atoms with Gasteiger partial charge in [0, 0.05) is 27.4 Å². The van der Waals surface area contributed by atoms with Crippen LogP contribution >= 0.6 is 27.3 Å². The highest BCUT2D eigenvalue weighted by atomic mass is 79.9. The van der Waals surface area contributed by atoms with Crippen LogP contribution in [0.1, 0.15) is 36.6 Å². The van der Waals surface area contributed by atoms with Crippen molar-refractivity contribution in [3.05, 3.63) is 50.1 Å². The summed E-state index contributed by atoms with van der Waals surface area (Å²) in [5, 5.41) is 14.5. The monoisotopic (exact) mass is 338 g/mol. The highest BCUT2D eigenvalue weighted by Crippen LogP contribution is 2.42. The fourth-order valence-corrected chi connectivity index (χ4v) is 4.04. The maximum absolute atomic E-state index is 10.6. The van der Waals surface area contributed by atoms with Crippen molar-refractivity contribution in [2.24, 2.45) is 0 Å². The zero-order valence-electron chi connectivity index (χ0n) is 10.8. The summed E-state index contributed by atoms with van der Waals surface area (Å²) in [7, 11) is 0. The Morgan fingerprint density at radius 3 is 2.79 bits per heavy atom. The molecule has 0 spiro atoms. The van der Waals surface area contributed by atoms with Gasteiger partial charge in [0.25, 0.3) is 0 Å². The number of hydrogen-bond donors (Lipinski definition) is 1. The van der Waals surface area contributed by atoms with Crippen LogP contribution in [0.2, 0.25) is 0 Å². The van der Waals surface area contributed by atoms with Gasteiger partial charge in [0.2, 0.25) is 0 Å². The molecule has 1 atom stereocenters. The molecule has 2 nitrogen and oxygen atoms in total. The lowest BCUT2D eigenvalue weighted by Gasteiger charge is -2.20. The molecular weight excluding hydrogens is 324 g/mol. The normalized spacial score (nSPS) is 17.9. The Morgan fingerprint density at radius 2 is 2.11 bits per heavy atom. The number of aliphatic hydroxyl groups is 1. The lowest BCUT2D eigenvalue weighted by Crippen LogP contribution is -2.25. The van der Waals surface area contributed by atoms with Gasteiger partial charge in [-0.05, 0) is 40.7 Å². The van der Waals surface area contributed by atoms with Crippen LogP contribution < -0.4 is 4.74 Å². The summed E-state index contributed by atoms with van der Waals surface area (Å²) in [4.78, 5) is 0. The molecule has 1 aromatic heterocycles. The molecule has 0 bridgehead atoms. The van der Waals surface area contributed by atoms with Crippen LogP contribution in [0, 0.1) is 0 Å². The standard InChI is InChI=1S/C15H15BrO2S/c1-15(2)6-9-4-3-5-10(14(9)18-15)13(17)11-7-19-8-12(11)16/h3-5,7-8,13,17H,6H2,1-2H3. The first-order chi connectivity index (χ1) is 8.98. The molecule has 19 heavy (non-hydrogen) atoms. The van der Waals surface area contributed by atoms with Gasteiger partial charge in [-0.25, -0.2) is 0 Å². The van der Waals surface area contributed by atoms with Gasteiger partial charge < -0.3 is 9.84 Å². The SMILES string of the molecule is CC1(C)Cc2cccc(C(O)c3cscc3Br)c2O1. The van der Waals surface area contributed by atoms with Gasteiger partial charge in [0.05, 0.1) is 0 Å². The molecule has 100 valence electrons. The van der Waals surface area contributed by atoms with Crippen LogP contribution in [0.5, 0.6) is 5.75 Å². The number of halogens is 1. The highest BCUT2D eigenvalue weighted by molar-refractivity contribution is 9.10. The maximum atomic E-state index is 10.6. The van der Waals surface area contributed by atoms with E-state index in [0.717, 1.165) is 27.8 Å². The van der Waals surface area contributed by atoms with E-state index in [1.165, 1.54) is 5.56 Å². The molecule has 1 N–H and O–H groups in total. The van der Waals surface area contributed by atoms with E-state index < -0.39 is 6.10 Å². The lowest BCUT2D eigenvalue weighted by atomic mass is 9.97. The molecule has 0 amide bonds. The van der Waals surface area contributed by atoms with Gasteiger partial charge in [-0.3, -0.25) is 0 Å². The predicted molar refractivity (Wildman–Crippen MR) is 80.9 cm³/mol. The molecule has 1 aromatic carbocycles. The Labute approximate surface area is 125 Å². The quantitative estimate of drug-likeness (QED) is 0.884. The van der Waals surface area contributed by atoms with Crippen LogP contribution in [-0.2, 0) is 6.42 Å². The fourth-order valence-electron chi connectivity index (χ4n) is 2.51. The number of rotatable bonds is 2. The molecule has 4 heteroatoms. The van der Waals surface area contributed by atoms with Crippen LogP contribution in [-0.4, -0.2) is 10.7 Å². The second-order valence-corrected chi connectivity index (χ2v) is 7.05. The second-order valence-electron chi connectivity index (χ2n) is 5.45. The molecule has 0 aliphatic carbocycles. The van der Waals surface area contributed by atoms with Crippen molar-refractivity contribution in [2.75, 3.05) is 0 Å². The van der Waals surface area contributed by atoms with Crippen LogP contribution in [0.25, 0.3) is 0 Å². The van der Waals surface area contributed by atoms with E-state index in [9.17, 15) is 5.11 Å². The Balaban J connectivity index is 2.04. The van der Waals surface area contributed by atoms with Crippen molar-refractivity contribution < 1.29 is 9.84 Å². The minimum Gasteiger partial charge on any atom is -0.487 e. The van der Waals surface area contributed by atoms with Crippen molar-refractivity contribution in [3.63, 3.8) is 0 Å². The average molecular weight is 339 g/mol. The van der Waals surface area contributed by atoms with Gasteiger partial charge in [0.15, 0.2) is 0 Å². The second kappa shape index (κ2) is 4.62. The van der Waals surface area contributed by atoms with Crippen LogP contribution in [0.15, 0.2) is 33.4 Å². The van der Waals surface area contributed by atoms with Gasteiger partial charge >= 0.3 is 0 Å². The van der Waals surface area contributed by atoms with Crippen molar-refractivity contribution in [2.45, 2.75) is 32.0 Å². The number of ether oxygens (including phenoxy) is 1. The first-order valence-corrected chi connectivity index (χ1v) is 7.92. The van der Waals surface area contributed by atoms with E-state index in [1.54, 1.807) is 11.3 Å². The molecule has 0 saturated carbocycles. The van der Waals surface area contributed by atoms with E-state index >= 15 is 0 Å². The Morgan fingerprint density at radius 1 is 1.32 bits per heavy atom. The molecule has 1 unspecified atom stereocenters. The fraction of sp³-hybridized carbons (Fsp3) is 0.333. The molecule has 0 saturated heterocycles.